The smallest absolute Gasteiger partial charge is 0.140 e. The van der Waals surface area contributed by atoms with Crippen molar-refractivity contribution in [2.45, 2.75) is 19.3 Å². The number of hydrogen-bond acceptors (Lipinski definition) is 5. The molecule has 0 fully saturated rings. The van der Waals surface area contributed by atoms with E-state index in [1.165, 1.54) is 5.56 Å². The van der Waals surface area contributed by atoms with Gasteiger partial charge in [-0.3, -0.25) is 0 Å². The van der Waals surface area contributed by atoms with Crippen LogP contribution < -0.4 is 0 Å². The number of aliphatic hydroxyl groups is 1. The molecule has 2 aromatic heterocycles. The molecule has 84 valence electrons. The monoisotopic (exact) mass is 236 g/mol. The average molecular weight is 236 g/mol. The van der Waals surface area contributed by atoms with Crippen LogP contribution in [0.15, 0.2) is 15.4 Å². The first-order chi connectivity index (χ1) is 7.88. The number of rotatable bonds is 2. The highest BCUT2D eigenvalue weighted by molar-refractivity contribution is 7.07. The summed E-state index contributed by atoms with van der Waals surface area (Å²) >= 11 is 1.56. The number of nitrogens with zero attached hydrogens (tertiary/aromatic N) is 2. The Labute approximate surface area is 96.9 Å². The summed E-state index contributed by atoms with van der Waals surface area (Å²) in [7, 11) is 0. The molecule has 2 aromatic rings. The maximum atomic E-state index is 9.13. The van der Waals surface area contributed by atoms with Crippen LogP contribution in [0.4, 0.5) is 0 Å². The Bertz CT molecular complexity index is 478. The first-order valence-electron chi connectivity index (χ1n) is 5.35. The van der Waals surface area contributed by atoms with E-state index >= 15 is 0 Å². The van der Waals surface area contributed by atoms with Crippen molar-refractivity contribution in [1.29, 1.82) is 0 Å². The minimum absolute atomic E-state index is 0.228. The van der Waals surface area contributed by atoms with E-state index in [-0.39, 0.29) is 6.61 Å². The van der Waals surface area contributed by atoms with Gasteiger partial charge in [-0.1, -0.05) is 5.16 Å². The van der Waals surface area contributed by atoms with Crippen LogP contribution >= 0.6 is 11.3 Å². The number of aliphatic hydroxyl groups excluding tert-OH is 1. The quantitative estimate of drug-likeness (QED) is 0.865. The first kappa shape index (κ1) is 9.99. The Morgan fingerprint density at radius 3 is 3.25 bits per heavy atom. The molecule has 4 nitrogen and oxygen atoms in total. The van der Waals surface area contributed by atoms with Gasteiger partial charge in [-0.25, -0.2) is 4.98 Å². The lowest BCUT2D eigenvalue weighted by molar-refractivity contribution is 0.202. The molecular weight excluding hydrogens is 224 g/mol. The summed E-state index contributed by atoms with van der Waals surface area (Å²) < 4.78 is 5.35. The lowest BCUT2D eigenvalue weighted by atomic mass is 9.87. The van der Waals surface area contributed by atoms with Crippen molar-refractivity contribution in [2.24, 2.45) is 5.92 Å². The number of thiazole rings is 1. The fourth-order valence-corrected chi connectivity index (χ4v) is 2.70. The molecule has 2 heterocycles. The van der Waals surface area contributed by atoms with Gasteiger partial charge in [0, 0.05) is 24.0 Å². The second-order valence-electron chi connectivity index (χ2n) is 4.10. The van der Waals surface area contributed by atoms with Crippen molar-refractivity contribution < 1.29 is 9.63 Å². The van der Waals surface area contributed by atoms with Crippen molar-refractivity contribution in [3.05, 3.63) is 22.2 Å². The van der Waals surface area contributed by atoms with Crippen LogP contribution in [0, 0.1) is 5.92 Å². The van der Waals surface area contributed by atoms with Crippen LogP contribution in [0.3, 0.4) is 0 Å². The molecule has 0 amide bonds. The van der Waals surface area contributed by atoms with Crippen LogP contribution in [0.1, 0.15) is 17.7 Å². The molecule has 0 bridgehead atoms. The highest BCUT2D eigenvalue weighted by atomic mass is 32.1. The third-order valence-corrected chi connectivity index (χ3v) is 3.67. The Balaban J connectivity index is 1.97. The van der Waals surface area contributed by atoms with Gasteiger partial charge in [-0.15, -0.1) is 11.3 Å². The molecule has 0 radical (unpaired) electrons. The average Bonchev–Trinajstić information content (AvgIpc) is 2.96. The van der Waals surface area contributed by atoms with Gasteiger partial charge in [0.2, 0.25) is 0 Å². The lowest BCUT2D eigenvalue weighted by Gasteiger charge is -2.17. The molecular formula is C11H12N2O2S. The maximum Gasteiger partial charge on any atom is 0.140 e. The van der Waals surface area contributed by atoms with E-state index in [9.17, 15) is 0 Å². The fraction of sp³-hybridized carbons (Fsp3) is 0.455. The molecule has 1 aliphatic rings. The van der Waals surface area contributed by atoms with Crippen molar-refractivity contribution in [3.63, 3.8) is 0 Å². The van der Waals surface area contributed by atoms with Crippen LogP contribution in [0.25, 0.3) is 11.4 Å². The molecule has 16 heavy (non-hydrogen) atoms. The summed E-state index contributed by atoms with van der Waals surface area (Å²) in [5, 5.41) is 15.2. The molecule has 3 rings (SSSR count). The van der Waals surface area contributed by atoms with Gasteiger partial charge in [0.25, 0.3) is 0 Å². The van der Waals surface area contributed by atoms with Crippen LogP contribution in [-0.4, -0.2) is 21.9 Å². The van der Waals surface area contributed by atoms with E-state index in [1.54, 1.807) is 16.8 Å². The lowest BCUT2D eigenvalue weighted by Crippen LogP contribution is -2.16. The minimum Gasteiger partial charge on any atom is -0.396 e. The van der Waals surface area contributed by atoms with Crippen LogP contribution in [0.2, 0.25) is 0 Å². The van der Waals surface area contributed by atoms with E-state index in [2.05, 4.69) is 10.1 Å². The van der Waals surface area contributed by atoms with Gasteiger partial charge in [0.15, 0.2) is 0 Å². The second-order valence-corrected chi connectivity index (χ2v) is 4.82. The van der Waals surface area contributed by atoms with Crippen molar-refractivity contribution in [3.8, 4) is 11.4 Å². The van der Waals surface area contributed by atoms with E-state index in [0.717, 1.165) is 36.4 Å². The second kappa shape index (κ2) is 3.99. The van der Waals surface area contributed by atoms with E-state index in [0.29, 0.717) is 5.92 Å². The van der Waals surface area contributed by atoms with Crippen LogP contribution in [0.5, 0.6) is 0 Å². The van der Waals surface area contributed by atoms with Crippen LogP contribution in [-0.2, 0) is 12.8 Å². The van der Waals surface area contributed by atoms with Gasteiger partial charge < -0.3 is 9.63 Å². The maximum absolute atomic E-state index is 9.13. The highest BCUT2D eigenvalue weighted by Crippen LogP contribution is 2.32. The zero-order valence-corrected chi connectivity index (χ0v) is 9.54. The van der Waals surface area contributed by atoms with E-state index in [1.807, 2.05) is 5.38 Å². The third-order valence-electron chi connectivity index (χ3n) is 3.08. The molecule has 0 spiro atoms. The highest BCUT2D eigenvalue weighted by Gasteiger charge is 2.26. The summed E-state index contributed by atoms with van der Waals surface area (Å²) in [5.41, 5.74) is 4.76. The Morgan fingerprint density at radius 2 is 2.50 bits per heavy atom. The summed E-state index contributed by atoms with van der Waals surface area (Å²) in [6.45, 7) is 0.228. The van der Waals surface area contributed by atoms with E-state index < -0.39 is 0 Å². The summed E-state index contributed by atoms with van der Waals surface area (Å²) in [4.78, 5) is 4.25. The van der Waals surface area contributed by atoms with Crippen molar-refractivity contribution in [2.75, 3.05) is 6.61 Å². The predicted octanol–water partition coefficient (Wildman–Crippen LogP) is 1.90. The van der Waals surface area contributed by atoms with Gasteiger partial charge in [0.1, 0.15) is 17.1 Å². The Hall–Kier alpha value is -1.20. The molecule has 0 saturated heterocycles. The molecule has 1 aliphatic carbocycles. The molecule has 1 unspecified atom stereocenters. The van der Waals surface area contributed by atoms with Gasteiger partial charge in [-0.05, 0) is 18.8 Å². The first-order valence-corrected chi connectivity index (χ1v) is 6.29. The molecule has 0 aliphatic heterocycles. The molecule has 5 heteroatoms. The predicted molar refractivity (Wildman–Crippen MR) is 60.2 cm³/mol. The van der Waals surface area contributed by atoms with Crippen molar-refractivity contribution >= 4 is 11.3 Å². The number of fused-ring (bicyclic) bond motifs is 1. The molecule has 1 N–H and O–H groups in total. The SMILES string of the molecule is OCC1CCc2c(-c3cscn3)noc2C1. The largest absolute Gasteiger partial charge is 0.396 e. The Morgan fingerprint density at radius 1 is 1.56 bits per heavy atom. The standard InChI is InChI=1S/C11H12N2O2S/c14-4-7-1-2-8-10(3-7)15-13-11(8)9-5-16-6-12-9/h5-7,14H,1-4H2. The zero-order chi connectivity index (χ0) is 11.0. The molecule has 1 atom stereocenters. The van der Waals surface area contributed by atoms with Crippen molar-refractivity contribution in [1.82, 2.24) is 10.1 Å². The van der Waals surface area contributed by atoms with Gasteiger partial charge in [0.05, 0.1) is 5.51 Å². The van der Waals surface area contributed by atoms with Gasteiger partial charge in [-0.2, -0.15) is 0 Å². The summed E-state index contributed by atoms with van der Waals surface area (Å²) in [6.07, 6.45) is 2.72. The summed E-state index contributed by atoms with van der Waals surface area (Å²) in [6, 6.07) is 0. The number of hydrogen-bond donors (Lipinski definition) is 1. The number of aromatic nitrogens is 2. The summed E-state index contributed by atoms with van der Waals surface area (Å²) in [5.74, 6) is 1.25. The normalized spacial score (nSPS) is 19.7. The van der Waals surface area contributed by atoms with E-state index in [4.69, 9.17) is 9.63 Å². The Kier molecular flexibility index (Phi) is 2.49. The fourth-order valence-electron chi connectivity index (χ4n) is 2.16. The van der Waals surface area contributed by atoms with Gasteiger partial charge >= 0.3 is 0 Å². The minimum atomic E-state index is 0.228. The zero-order valence-electron chi connectivity index (χ0n) is 8.72. The third kappa shape index (κ3) is 1.56. The topological polar surface area (TPSA) is 59.2 Å². The molecule has 0 saturated carbocycles. The molecule has 0 aromatic carbocycles.